The molecule has 0 radical (unpaired) electrons. The van der Waals surface area contributed by atoms with Crippen molar-refractivity contribution in [2.75, 3.05) is 67.6 Å². The molecule has 9 nitrogen and oxygen atoms in total. The number of alkyl halides is 3. The van der Waals surface area contributed by atoms with Gasteiger partial charge in [0.1, 0.15) is 11.6 Å². The summed E-state index contributed by atoms with van der Waals surface area (Å²) >= 11 is 0. The topological polar surface area (TPSA) is 83.1 Å². The van der Waals surface area contributed by atoms with Crippen molar-refractivity contribution in [3.63, 3.8) is 0 Å². The molecule has 0 bridgehead atoms. The highest BCUT2D eigenvalue weighted by molar-refractivity contribution is 5.89. The third-order valence-corrected chi connectivity index (χ3v) is 5.15. The Balaban J connectivity index is 1.29. The van der Waals surface area contributed by atoms with E-state index in [4.69, 9.17) is 4.74 Å². The first kappa shape index (κ1) is 21.9. The van der Waals surface area contributed by atoms with Gasteiger partial charge in [-0.3, -0.25) is 0 Å². The molecule has 2 amide bonds. The number of piperazine rings is 1. The smallest absolute Gasteiger partial charge is 0.406 e. The minimum Gasteiger partial charge on any atom is -0.406 e. The highest BCUT2D eigenvalue weighted by atomic mass is 19.4. The number of amides is 2. The van der Waals surface area contributed by atoms with E-state index in [0.29, 0.717) is 51.0 Å². The van der Waals surface area contributed by atoms with E-state index in [1.807, 2.05) is 6.07 Å². The maximum atomic E-state index is 12.5. The Morgan fingerprint density at radius 1 is 0.969 bits per heavy atom. The molecule has 0 atom stereocenters. The molecule has 1 aromatic heterocycles. The first-order valence-electron chi connectivity index (χ1n) is 10.2. The number of hydrogen-bond acceptors (Lipinski definition) is 7. The summed E-state index contributed by atoms with van der Waals surface area (Å²) in [5.74, 6) is 1.14. The molecule has 32 heavy (non-hydrogen) atoms. The number of ether oxygens (including phenoxy) is 2. The molecule has 1 aromatic carbocycles. The van der Waals surface area contributed by atoms with E-state index in [1.54, 1.807) is 11.1 Å². The summed E-state index contributed by atoms with van der Waals surface area (Å²) in [5, 5.41) is 2.70. The Morgan fingerprint density at radius 2 is 1.66 bits per heavy atom. The van der Waals surface area contributed by atoms with Gasteiger partial charge in [-0.1, -0.05) is 0 Å². The molecule has 3 heterocycles. The highest BCUT2D eigenvalue weighted by Crippen LogP contribution is 2.24. The summed E-state index contributed by atoms with van der Waals surface area (Å²) in [5.41, 5.74) is 0.387. The minimum atomic E-state index is -4.75. The lowest BCUT2D eigenvalue weighted by atomic mass is 10.3. The molecule has 2 fully saturated rings. The number of morpholine rings is 1. The lowest BCUT2D eigenvalue weighted by Gasteiger charge is -2.35. The van der Waals surface area contributed by atoms with Crippen LogP contribution in [-0.4, -0.2) is 79.7 Å². The second kappa shape index (κ2) is 9.47. The Kier molecular flexibility index (Phi) is 6.49. The van der Waals surface area contributed by atoms with Crippen LogP contribution in [0.4, 0.5) is 35.4 Å². The van der Waals surface area contributed by atoms with Crippen molar-refractivity contribution in [3.8, 4) is 5.75 Å². The molecular weight excluding hydrogens is 429 g/mol. The van der Waals surface area contributed by atoms with Crippen LogP contribution in [0.3, 0.4) is 0 Å². The van der Waals surface area contributed by atoms with Crippen LogP contribution in [0, 0.1) is 0 Å². The fourth-order valence-electron chi connectivity index (χ4n) is 3.51. The molecule has 2 aliphatic heterocycles. The predicted octanol–water partition coefficient (Wildman–Crippen LogP) is 2.57. The van der Waals surface area contributed by atoms with Gasteiger partial charge >= 0.3 is 12.4 Å². The van der Waals surface area contributed by atoms with Crippen molar-refractivity contribution >= 4 is 23.5 Å². The summed E-state index contributed by atoms with van der Waals surface area (Å²) in [6.45, 7) is 4.98. The van der Waals surface area contributed by atoms with E-state index in [-0.39, 0.29) is 11.8 Å². The highest BCUT2D eigenvalue weighted by Gasteiger charge is 2.31. The van der Waals surface area contributed by atoms with Gasteiger partial charge in [0.25, 0.3) is 0 Å². The second-order valence-electron chi connectivity index (χ2n) is 7.29. The SMILES string of the molecule is O=C(Nc1ccc(OC(F)(F)F)cc1)N1CCN(c2ccnc(N3CCOCC3)n2)CC1. The van der Waals surface area contributed by atoms with Gasteiger partial charge in [-0.25, -0.2) is 9.78 Å². The third kappa shape index (κ3) is 5.69. The molecule has 1 N–H and O–H groups in total. The summed E-state index contributed by atoms with van der Waals surface area (Å²) in [6, 6.07) is 6.58. The number of carbonyl (C=O) groups excluding carboxylic acids is 1. The van der Waals surface area contributed by atoms with Gasteiger partial charge in [0, 0.05) is 51.2 Å². The molecule has 2 saturated heterocycles. The Bertz CT molecular complexity index is 914. The fourth-order valence-corrected chi connectivity index (χ4v) is 3.51. The van der Waals surface area contributed by atoms with Crippen molar-refractivity contribution in [2.45, 2.75) is 6.36 Å². The van der Waals surface area contributed by atoms with Crippen molar-refractivity contribution in [2.24, 2.45) is 0 Å². The second-order valence-corrected chi connectivity index (χ2v) is 7.29. The number of aromatic nitrogens is 2. The Hall–Kier alpha value is -3.28. The van der Waals surface area contributed by atoms with Crippen molar-refractivity contribution in [1.29, 1.82) is 0 Å². The molecule has 0 unspecified atom stereocenters. The van der Waals surface area contributed by atoms with Crippen LogP contribution in [0.2, 0.25) is 0 Å². The van der Waals surface area contributed by atoms with Gasteiger partial charge in [0.15, 0.2) is 0 Å². The lowest BCUT2D eigenvalue weighted by Crippen LogP contribution is -2.50. The van der Waals surface area contributed by atoms with Gasteiger partial charge in [-0.15, -0.1) is 13.2 Å². The molecule has 2 aliphatic rings. The molecule has 172 valence electrons. The van der Waals surface area contributed by atoms with E-state index in [0.717, 1.165) is 31.0 Å². The van der Waals surface area contributed by atoms with Crippen LogP contribution in [0.25, 0.3) is 0 Å². The van der Waals surface area contributed by atoms with Crippen LogP contribution in [-0.2, 0) is 4.74 Å². The van der Waals surface area contributed by atoms with E-state index in [9.17, 15) is 18.0 Å². The first-order chi connectivity index (χ1) is 15.4. The van der Waals surface area contributed by atoms with Crippen molar-refractivity contribution in [1.82, 2.24) is 14.9 Å². The van der Waals surface area contributed by atoms with Gasteiger partial charge < -0.3 is 29.5 Å². The fraction of sp³-hybridized carbons (Fsp3) is 0.450. The number of benzene rings is 1. The van der Waals surface area contributed by atoms with E-state index < -0.39 is 6.36 Å². The number of anilines is 3. The number of carbonyl (C=O) groups is 1. The zero-order chi connectivity index (χ0) is 22.6. The summed E-state index contributed by atoms with van der Waals surface area (Å²) in [6.07, 6.45) is -3.02. The molecular formula is C20H23F3N6O3. The van der Waals surface area contributed by atoms with Gasteiger partial charge in [0.2, 0.25) is 5.95 Å². The Morgan fingerprint density at radius 3 is 2.31 bits per heavy atom. The number of urea groups is 1. The van der Waals surface area contributed by atoms with Crippen LogP contribution in [0.1, 0.15) is 0 Å². The molecule has 12 heteroatoms. The maximum absolute atomic E-state index is 12.5. The number of hydrogen-bond donors (Lipinski definition) is 1. The van der Waals surface area contributed by atoms with Gasteiger partial charge in [0.05, 0.1) is 13.2 Å². The van der Waals surface area contributed by atoms with E-state index in [1.165, 1.54) is 12.1 Å². The number of nitrogens with zero attached hydrogens (tertiary/aromatic N) is 5. The average molecular weight is 452 g/mol. The lowest BCUT2D eigenvalue weighted by molar-refractivity contribution is -0.274. The molecule has 4 rings (SSSR count). The van der Waals surface area contributed by atoms with Crippen LogP contribution in [0.5, 0.6) is 5.75 Å². The summed E-state index contributed by atoms with van der Waals surface area (Å²) in [7, 11) is 0. The van der Waals surface area contributed by atoms with Gasteiger partial charge in [-0.2, -0.15) is 4.98 Å². The Labute approximate surface area is 182 Å². The summed E-state index contributed by atoms with van der Waals surface area (Å²) in [4.78, 5) is 27.4. The van der Waals surface area contributed by atoms with E-state index >= 15 is 0 Å². The molecule has 0 aliphatic carbocycles. The van der Waals surface area contributed by atoms with Gasteiger partial charge in [-0.05, 0) is 30.3 Å². The number of halogens is 3. The standard InChI is InChI=1S/C20H23F3N6O3/c21-20(22,23)32-16-3-1-15(2-4-16)25-19(30)29-9-7-27(8-10-29)17-5-6-24-18(26-17)28-11-13-31-14-12-28/h1-6H,7-14H2,(H,25,30). The average Bonchev–Trinajstić information content (AvgIpc) is 2.80. The van der Waals surface area contributed by atoms with Crippen LogP contribution < -0.4 is 19.9 Å². The zero-order valence-corrected chi connectivity index (χ0v) is 17.2. The largest absolute Gasteiger partial charge is 0.573 e. The first-order valence-corrected chi connectivity index (χ1v) is 10.2. The monoisotopic (exact) mass is 452 g/mol. The minimum absolute atomic E-state index is 0.314. The summed E-state index contributed by atoms with van der Waals surface area (Å²) < 4.78 is 45.9. The molecule has 0 saturated carbocycles. The van der Waals surface area contributed by atoms with Crippen molar-refractivity contribution in [3.05, 3.63) is 36.5 Å². The molecule has 2 aromatic rings. The van der Waals surface area contributed by atoms with Crippen molar-refractivity contribution < 1.29 is 27.4 Å². The zero-order valence-electron chi connectivity index (χ0n) is 17.2. The normalized spacial score (nSPS) is 17.3. The molecule has 0 spiro atoms. The quantitative estimate of drug-likeness (QED) is 0.764. The number of nitrogens with one attached hydrogen (secondary N) is 1. The predicted molar refractivity (Wildman–Crippen MR) is 111 cm³/mol. The third-order valence-electron chi connectivity index (χ3n) is 5.15. The maximum Gasteiger partial charge on any atom is 0.573 e. The van der Waals surface area contributed by atoms with Crippen LogP contribution in [0.15, 0.2) is 36.5 Å². The number of rotatable bonds is 4. The van der Waals surface area contributed by atoms with E-state index in [2.05, 4.69) is 29.8 Å². The van der Waals surface area contributed by atoms with Crippen LogP contribution >= 0.6 is 0 Å².